The van der Waals surface area contributed by atoms with Gasteiger partial charge in [-0.15, -0.1) is 0 Å². The molecule has 178 valence electrons. The summed E-state index contributed by atoms with van der Waals surface area (Å²) in [6, 6.07) is 5.24. The van der Waals surface area contributed by atoms with Crippen molar-refractivity contribution in [3.05, 3.63) is 29.5 Å². The molecule has 1 aliphatic rings. The van der Waals surface area contributed by atoms with Crippen molar-refractivity contribution in [1.29, 1.82) is 0 Å². The average Bonchev–Trinajstić information content (AvgIpc) is 3.04. The van der Waals surface area contributed by atoms with Gasteiger partial charge < -0.3 is 14.4 Å². The highest BCUT2D eigenvalue weighted by Gasteiger charge is 2.35. The number of amides is 1. The summed E-state index contributed by atoms with van der Waals surface area (Å²) in [6.07, 6.45) is 0.815. The summed E-state index contributed by atoms with van der Waals surface area (Å²) in [7, 11) is -1.14. The fourth-order valence-corrected chi connectivity index (χ4v) is 4.79. The first-order chi connectivity index (χ1) is 14.8. The molecule has 0 aliphatic carbocycles. The topological polar surface area (TPSA) is 56.6 Å². The van der Waals surface area contributed by atoms with Gasteiger partial charge in [-0.25, -0.2) is 13.9 Å². The molecule has 0 unspecified atom stereocenters. The first kappa shape index (κ1) is 24.7. The third kappa shape index (κ3) is 6.31. The van der Waals surface area contributed by atoms with Crippen LogP contribution in [-0.4, -0.2) is 60.3 Å². The number of benzene rings is 1. The van der Waals surface area contributed by atoms with Crippen molar-refractivity contribution in [1.82, 2.24) is 14.7 Å². The van der Waals surface area contributed by atoms with Gasteiger partial charge in [-0.1, -0.05) is 19.6 Å². The minimum Gasteiger partial charge on any atom is -0.444 e. The Balaban J connectivity index is 1.72. The second-order valence-electron chi connectivity index (χ2n) is 11.1. The maximum atomic E-state index is 15.3. The lowest BCUT2D eigenvalue weighted by atomic mass is 9.85. The molecule has 1 saturated heterocycles. The first-order valence-corrected chi connectivity index (χ1v) is 15.2. The summed E-state index contributed by atoms with van der Waals surface area (Å²) in [6.45, 7) is 16.1. The smallest absolute Gasteiger partial charge is 0.410 e. The highest BCUT2D eigenvalue weighted by atomic mass is 28.3. The molecule has 0 saturated carbocycles. The molecule has 2 aromatic rings. The van der Waals surface area contributed by atoms with E-state index in [9.17, 15) is 4.79 Å². The van der Waals surface area contributed by atoms with Gasteiger partial charge in [0.2, 0.25) is 0 Å². The number of rotatable bonds is 6. The number of carbonyl (C=O) groups excluding carboxylic acids is 1. The van der Waals surface area contributed by atoms with E-state index in [1.54, 1.807) is 0 Å². The minimum absolute atomic E-state index is 0.0517. The number of carbonyl (C=O) groups is 1. The quantitative estimate of drug-likeness (QED) is 0.406. The number of ether oxygens (including phenoxy) is 2. The third-order valence-corrected chi connectivity index (χ3v) is 7.54. The van der Waals surface area contributed by atoms with E-state index in [2.05, 4.69) is 36.9 Å². The Morgan fingerprint density at radius 1 is 1.28 bits per heavy atom. The summed E-state index contributed by atoms with van der Waals surface area (Å²) in [5, 5.41) is 5.51. The standard InChI is InChI=1S/C24H38FN3O3Si/c1-17-12-18-14-26-28(16-30-10-11-32(5,6)7)22(18)13-20(17)19-8-9-27(15-21(19)25)23(29)31-24(2,3)4/h12-14,19,21H,8-11,15-16H2,1-7H3/t19-,21-/m1/s1. The average molecular weight is 464 g/mol. The van der Waals surface area contributed by atoms with E-state index in [4.69, 9.17) is 9.47 Å². The monoisotopic (exact) mass is 463 g/mol. The molecule has 32 heavy (non-hydrogen) atoms. The summed E-state index contributed by atoms with van der Waals surface area (Å²) in [4.78, 5) is 13.8. The van der Waals surface area contributed by atoms with Gasteiger partial charge in [-0.05, 0) is 63.4 Å². The summed E-state index contributed by atoms with van der Waals surface area (Å²) >= 11 is 0. The van der Waals surface area contributed by atoms with E-state index in [0.29, 0.717) is 19.7 Å². The van der Waals surface area contributed by atoms with E-state index < -0.39 is 25.9 Å². The number of aryl methyl sites for hydroxylation is 1. The number of nitrogens with zero attached hydrogens (tertiary/aromatic N) is 3. The van der Waals surface area contributed by atoms with Gasteiger partial charge in [0.15, 0.2) is 0 Å². The van der Waals surface area contributed by atoms with Crippen molar-refractivity contribution in [2.45, 2.75) is 84.2 Å². The van der Waals surface area contributed by atoms with E-state index in [1.807, 2.05) is 38.6 Å². The zero-order valence-electron chi connectivity index (χ0n) is 20.6. The maximum absolute atomic E-state index is 15.3. The fraction of sp³-hybridized carbons (Fsp3) is 0.667. The van der Waals surface area contributed by atoms with Crippen LogP contribution in [0.3, 0.4) is 0 Å². The molecule has 1 amide bonds. The number of piperidine rings is 1. The van der Waals surface area contributed by atoms with Crippen molar-refractivity contribution in [2.24, 2.45) is 0 Å². The molecule has 0 radical (unpaired) electrons. The van der Waals surface area contributed by atoms with Crippen LogP contribution in [-0.2, 0) is 16.2 Å². The van der Waals surface area contributed by atoms with Crippen LogP contribution in [0.1, 0.15) is 44.2 Å². The highest BCUT2D eigenvalue weighted by molar-refractivity contribution is 6.76. The van der Waals surface area contributed by atoms with Crippen molar-refractivity contribution in [3.63, 3.8) is 0 Å². The zero-order valence-corrected chi connectivity index (χ0v) is 21.6. The summed E-state index contributed by atoms with van der Waals surface area (Å²) < 4.78 is 28.4. The fourth-order valence-electron chi connectivity index (χ4n) is 4.04. The Kier molecular flexibility index (Phi) is 7.34. The molecule has 2 heterocycles. The van der Waals surface area contributed by atoms with Gasteiger partial charge in [0.25, 0.3) is 0 Å². The van der Waals surface area contributed by atoms with Crippen molar-refractivity contribution in [3.8, 4) is 0 Å². The molecule has 1 aromatic carbocycles. The van der Waals surface area contributed by atoms with Gasteiger partial charge in [0.1, 0.15) is 18.5 Å². The summed E-state index contributed by atoms with van der Waals surface area (Å²) in [5.74, 6) is -0.255. The van der Waals surface area contributed by atoms with Crippen LogP contribution in [0.15, 0.2) is 18.3 Å². The van der Waals surface area contributed by atoms with Crippen molar-refractivity contribution in [2.75, 3.05) is 19.7 Å². The molecule has 1 aliphatic heterocycles. The maximum Gasteiger partial charge on any atom is 0.410 e. The Bertz CT molecular complexity index is 948. The molecule has 1 aromatic heterocycles. The lowest BCUT2D eigenvalue weighted by Gasteiger charge is -2.36. The van der Waals surface area contributed by atoms with Crippen molar-refractivity contribution >= 4 is 25.1 Å². The number of aromatic nitrogens is 2. The lowest BCUT2D eigenvalue weighted by Crippen LogP contribution is -2.46. The molecule has 6 nitrogen and oxygen atoms in total. The number of fused-ring (bicyclic) bond motifs is 1. The second kappa shape index (κ2) is 9.51. The van der Waals surface area contributed by atoms with Crippen molar-refractivity contribution < 1.29 is 18.7 Å². The lowest BCUT2D eigenvalue weighted by molar-refractivity contribution is 0.0111. The number of hydrogen-bond acceptors (Lipinski definition) is 4. The molecular weight excluding hydrogens is 425 g/mol. The predicted octanol–water partition coefficient (Wildman–Crippen LogP) is 5.72. The van der Waals surface area contributed by atoms with Gasteiger partial charge in [-0.3, -0.25) is 0 Å². The van der Waals surface area contributed by atoms with Gasteiger partial charge >= 0.3 is 6.09 Å². The molecule has 2 atom stereocenters. The normalized spacial score (nSPS) is 20.1. The Hall–Kier alpha value is -1.93. The zero-order chi connectivity index (χ0) is 23.7. The minimum atomic E-state index is -1.14. The van der Waals surface area contributed by atoms with Gasteiger partial charge in [-0.2, -0.15) is 5.10 Å². The van der Waals surface area contributed by atoms with E-state index in [1.165, 1.54) is 4.90 Å². The Labute approximate surface area is 192 Å². The Morgan fingerprint density at radius 2 is 2.00 bits per heavy atom. The molecule has 0 N–H and O–H groups in total. The van der Waals surface area contributed by atoms with Crippen LogP contribution >= 0.6 is 0 Å². The van der Waals surface area contributed by atoms with Crippen LogP contribution in [0.5, 0.6) is 0 Å². The van der Waals surface area contributed by atoms with Crippen LogP contribution in [0.25, 0.3) is 10.9 Å². The van der Waals surface area contributed by atoms with Crippen LogP contribution in [0.2, 0.25) is 25.7 Å². The number of alkyl halides is 1. The van der Waals surface area contributed by atoms with E-state index in [0.717, 1.165) is 34.7 Å². The number of hydrogen-bond donors (Lipinski definition) is 0. The SMILES string of the molecule is Cc1cc2cnn(COCC[Si](C)(C)C)c2cc1[C@H]1CCN(C(=O)OC(C)(C)C)C[C@H]1F. The van der Waals surface area contributed by atoms with Crippen LogP contribution < -0.4 is 0 Å². The predicted molar refractivity (Wildman–Crippen MR) is 129 cm³/mol. The molecule has 1 fully saturated rings. The molecule has 0 spiro atoms. The molecule has 3 rings (SSSR count). The largest absolute Gasteiger partial charge is 0.444 e. The highest BCUT2D eigenvalue weighted by Crippen LogP contribution is 2.35. The van der Waals surface area contributed by atoms with E-state index >= 15 is 4.39 Å². The molecular formula is C24H38FN3O3Si. The molecule has 8 heteroatoms. The first-order valence-electron chi connectivity index (χ1n) is 11.5. The number of halogens is 1. The second-order valence-corrected chi connectivity index (χ2v) is 16.7. The third-order valence-electron chi connectivity index (χ3n) is 5.83. The van der Waals surface area contributed by atoms with Gasteiger partial charge in [0, 0.05) is 32.5 Å². The van der Waals surface area contributed by atoms with E-state index in [-0.39, 0.29) is 12.5 Å². The number of likely N-dealkylation sites (tertiary alicyclic amines) is 1. The summed E-state index contributed by atoms with van der Waals surface area (Å²) in [5.41, 5.74) is 2.41. The van der Waals surface area contributed by atoms with Gasteiger partial charge in [0.05, 0.1) is 18.3 Å². The van der Waals surface area contributed by atoms with Crippen LogP contribution in [0.4, 0.5) is 9.18 Å². The van der Waals surface area contributed by atoms with Crippen LogP contribution in [0, 0.1) is 6.92 Å². The Morgan fingerprint density at radius 3 is 2.62 bits per heavy atom. The molecule has 0 bridgehead atoms.